The van der Waals surface area contributed by atoms with Crippen LogP contribution in [0.1, 0.15) is 18.9 Å². The van der Waals surface area contributed by atoms with Crippen molar-refractivity contribution >= 4 is 39.9 Å². The standard InChI is InChI=1S/C16H13Cl2N3/c17-9-1-5-13(19)12(7-9)16-20-14-6-2-10(18)8-15(14)21(16)11-3-4-11/h1-2,5-8,11H,3-4,19H2. The summed E-state index contributed by atoms with van der Waals surface area (Å²) in [4.78, 5) is 4.75. The van der Waals surface area contributed by atoms with E-state index in [1.54, 1.807) is 6.07 Å². The van der Waals surface area contributed by atoms with E-state index in [1.807, 2.05) is 30.3 Å². The molecule has 1 aromatic heterocycles. The van der Waals surface area contributed by atoms with Crippen LogP contribution in [0.15, 0.2) is 36.4 Å². The Morgan fingerprint density at radius 1 is 1.05 bits per heavy atom. The smallest absolute Gasteiger partial charge is 0.143 e. The predicted octanol–water partition coefficient (Wildman–Crippen LogP) is 4.93. The van der Waals surface area contributed by atoms with Crippen LogP contribution in [0.3, 0.4) is 0 Å². The molecule has 3 nitrogen and oxygen atoms in total. The van der Waals surface area contributed by atoms with Crippen molar-refractivity contribution in [3.05, 3.63) is 46.4 Å². The highest BCUT2D eigenvalue weighted by Gasteiger charge is 2.29. The molecule has 0 amide bonds. The molecule has 0 aliphatic heterocycles. The Balaban J connectivity index is 2.04. The van der Waals surface area contributed by atoms with Gasteiger partial charge in [-0.05, 0) is 49.2 Å². The van der Waals surface area contributed by atoms with E-state index in [0.717, 1.165) is 40.3 Å². The summed E-state index contributed by atoms with van der Waals surface area (Å²) in [5, 5.41) is 1.38. The summed E-state index contributed by atoms with van der Waals surface area (Å²) in [6, 6.07) is 11.7. The van der Waals surface area contributed by atoms with Crippen molar-refractivity contribution in [3.8, 4) is 11.4 Å². The zero-order valence-electron chi connectivity index (χ0n) is 11.2. The first-order valence-electron chi connectivity index (χ1n) is 6.86. The summed E-state index contributed by atoms with van der Waals surface area (Å²) < 4.78 is 2.24. The van der Waals surface area contributed by atoms with E-state index in [4.69, 9.17) is 33.9 Å². The number of nitrogens with two attached hydrogens (primary N) is 1. The van der Waals surface area contributed by atoms with Crippen LogP contribution in [0.4, 0.5) is 5.69 Å². The minimum Gasteiger partial charge on any atom is -0.398 e. The number of rotatable bonds is 2. The van der Waals surface area contributed by atoms with Crippen LogP contribution < -0.4 is 5.73 Å². The van der Waals surface area contributed by atoms with E-state index in [9.17, 15) is 0 Å². The van der Waals surface area contributed by atoms with Gasteiger partial charge in [0.1, 0.15) is 5.82 Å². The van der Waals surface area contributed by atoms with Gasteiger partial charge < -0.3 is 10.3 Å². The third-order valence-electron chi connectivity index (χ3n) is 3.82. The molecule has 0 atom stereocenters. The van der Waals surface area contributed by atoms with Crippen molar-refractivity contribution in [2.24, 2.45) is 0 Å². The fraction of sp³-hybridized carbons (Fsp3) is 0.188. The third kappa shape index (κ3) is 2.17. The van der Waals surface area contributed by atoms with Crippen molar-refractivity contribution < 1.29 is 0 Å². The second-order valence-electron chi connectivity index (χ2n) is 5.40. The maximum Gasteiger partial charge on any atom is 0.143 e. The zero-order chi connectivity index (χ0) is 14.6. The molecule has 0 bridgehead atoms. The van der Waals surface area contributed by atoms with Gasteiger partial charge >= 0.3 is 0 Å². The summed E-state index contributed by atoms with van der Waals surface area (Å²) in [5.41, 5.74) is 9.67. The number of fused-ring (bicyclic) bond motifs is 1. The van der Waals surface area contributed by atoms with E-state index >= 15 is 0 Å². The quantitative estimate of drug-likeness (QED) is 0.681. The summed E-state index contributed by atoms with van der Waals surface area (Å²) >= 11 is 12.3. The highest BCUT2D eigenvalue weighted by atomic mass is 35.5. The Morgan fingerprint density at radius 2 is 1.76 bits per heavy atom. The number of hydrogen-bond donors (Lipinski definition) is 1. The van der Waals surface area contributed by atoms with Crippen molar-refractivity contribution in [2.45, 2.75) is 18.9 Å². The van der Waals surface area contributed by atoms with Crippen LogP contribution in [-0.4, -0.2) is 9.55 Å². The first kappa shape index (κ1) is 13.0. The summed E-state index contributed by atoms with van der Waals surface area (Å²) in [6.45, 7) is 0. The van der Waals surface area contributed by atoms with Crippen molar-refractivity contribution in [3.63, 3.8) is 0 Å². The molecule has 3 aromatic rings. The van der Waals surface area contributed by atoms with Gasteiger partial charge in [0, 0.05) is 27.3 Å². The van der Waals surface area contributed by atoms with Crippen LogP contribution in [-0.2, 0) is 0 Å². The largest absolute Gasteiger partial charge is 0.398 e. The average Bonchev–Trinajstić information content (AvgIpc) is 3.22. The Morgan fingerprint density at radius 3 is 2.52 bits per heavy atom. The molecule has 0 radical (unpaired) electrons. The van der Waals surface area contributed by atoms with Gasteiger partial charge in [0.2, 0.25) is 0 Å². The highest BCUT2D eigenvalue weighted by molar-refractivity contribution is 6.31. The van der Waals surface area contributed by atoms with Crippen LogP contribution in [0.5, 0.6) is 0 Å². The summed E-state index contributed by atoms with van der Waals surface area (Å²) in [7, 11) is 0. The van der Waals surface area contributed by atoms with Gasteiger partial charge in [-0.25, -0.2) is 4.98 Å². The Kier molecular flexibility index (Phi) is 2.88. The van der Waals surface area contributed by atoms with Crippen molar-refractivity contribution in [1.82, 2.24) is 9.55 Å². The van der Waals surface area contributed by atoms with Crippen molar-refractivity contribution in [2.75, 3.05) is 5.73 Å². The Bertz CT molecular complexity index is 850. The molecule has 106 valence electrons. The number of hydrogen-bond acceptors (Lipinski definition) is 2. The van der Waals surface area contributed by atoms with Gasteiger partial charge in [-0.2, -0.15) is 0 Å². The molecular weight excluding hydrogens is 305 g/mol. The van der Waals surface area contributed by atoms with Gasteiger partial charge in [-0.3, -0.25) is 0 Å². The van der Waals surface area contributed by atoms with E-state index in [1.165, 1.54) is 0 Å². The molecule has 0 saturated heterocycles. The van der Waals surface area contributed by atoms with Crippen LogP contribution in [0.25, 0.3) is 22.4 Å². The molecule has 1 fully saturated rings. The number of nitrogen functional groups attached to an aromatic ring is 1. The van der Waals surface area contributed by atoms with E-state index < -0.39 is 0 Å². The van der Waals surface area contributed by atoms with Crippen LogP contribution in [0.2, 0.25) is 10.0 Å². The molecule has 0 spiro atoms. The molecule has 5 heteroatoms. The lowest BCUT2D eigenvalue weighted by Crippen LogP contribution is -2.00. The first-order valence-corrected chi connectivity index (χ1v) is 7.62. The Hall–Kier alpha value is -1.71. The molecule has 1 aliphatic rings. The molecule has 1 saturated carbocycles. The normalized spacial score (nSPS) is 14.8. The number of nitrogens with zero attached hydrogens (tertiary/aromatic N) is 2. The average molecular weight is 318 g/mol. The summed E-state index contributed by atoms with van der Waals surface area (Å²) in [5.74, 6) is 0.870. The third-order valence-corrected chi connectivity index (χ3v) is 4.29. The Labute approximate surface area is 132 Å². The molecular formula is C16H13Cl2N3. The maximum absolute atomic E-state index is 6.14. The van der Waals surface area contributed by atoms with E-state index in [2.05, 4.69) is 4.57 Å². The van der Waals surface area contributed by atoms with Crippen molar-refractivity contribution in [1.29, 1.82) is 0 Å². The molecule has 0 unspecified atom stereocenters. The van der Waals surface area contributed by atoms with E-state index in [-0.39, 0.29) is 0 Å². The number of halogens is 2. The van der Waals surface area contributed by atoms with Gasteiger partial charge in [-0.15, -0.1) is 0 Å². The van der Waals surface area contributed by atoms with Crippen LogP contribution >= 0.6 is 23.2 Å². The molecule has 2 aromatic carbocycles. The lowest BCUT2D eigenvalue weighted by atomic mass is 10.1. The second kappa shape index (κ2) is 4.65. The number of anilines is 1. The molecule has 21 heavy (non-hydrogen) atoms. The van der Waals surface area contributed by atoms with Crippen LogP contribution in [0, 0.1) is 0 Å². The second-order valence-corrected chi connectivity index (χ2v) is 6.27. The SMILES string of the molecule is Nc1ccc(Cl)cc1-c1nc2ccc(Cl)cc2n1C1CC1. The monoisotopic (exact) mass is 317 g/mol. The molecule has 1 aliphatic carbocycles. The van der Waals surface area contributed by atoms with Gasteiger partial charge in [0.25, 0.3) is 0 Å². The molecule has 1 heterocycles. The fourth-order valence-corrected chi connectivity index (χ4v) is 3.02. The highest BCUT2D eigenvalue weighted by Crippen LogP contribution is 2.42. The summed E-state index contributed by atoms with van der Waals surface area (Å²) in [6.07, 6.45) is 2.32. The maximum atomic E-state index is 6.14. The number of imidazole rings is 1. The minimum atomic E-state index is 0.474. The number of aromatic nitrogens is 2. The number of benzene rings is 2. The lowest BCUT2D eigenvalue weighted by Gasteiger charge is -2.10. The van der Waals surface area contributed by atoms with Gasteiger partial charge in [-0.1, -0.05) is 23.2 Å². The molecule has 2 N–H and O–H groups in total. The van der Waals surface area contributed by atoms with Gasteiger partial charge in [0.05, 0.1) is 11.0 Å². The topological polar surface area (TPSA) is 43.8 Å². The van der Waals surface area contributed by atoms with E-state index in [0.29, 0.717) is 16.8 Å². The first-order chi connectivity index (χ1) is 10.1. The fourth-order valence-electron chi connectivity index (χ4n) is 2.68. The van der Waals surface area contributed by atoms with Gasteiger partial charge in [0.15, 0.2) is 0 Å². The predicted molar refractivity (Wildman–Crippen MR) is 87.9 cm³/mol. The zero-order valence-corrected chi connectivity index (χ0v) is 12.7. The lowest BCUT2D eigenvalue weighted by molar-refractivity contribution is 0.775. The molecule has 4 rings (SSSR count). The minimum absolute atomic E-state index is 0.474.